The molecule has 0 aliphatic carbocycles. The van der Waals surface area contributed by atoms with Crippen LogP contribution in [0.1, 0.15) is 52.6 Å². The van der Waals surface area contributed by atoms with Crippen molar-refractivity contribution in [2.24, 2.45) is 0 Å². The van der Waals surface area contributed by atoms with Crippen LogP contribution in [0.5, 0.6) is 0 Å². The van der Waals surface area contributed by atoms with Crippen LogP contribution in [0.25, 0.3) is 21.5 Å². The van der Waals surface area contributed by atoms with E-state index in [1.165, 1.54) is 0 Å². The summed E-state index contributed by atoms with van der Waals surface area (Å²) in [6.07, 6.45) is 0.425. The largest absolute Gasteiger partial charge is 0.268 e. The molecule has 2 aliphatic heterocycles. The van der Waals surface area contributed by atoms with E-state index < -0.39 is 23.6 Å². The Hall–Kier alpha value is -5.30. The van der Waals surface area contributed by atoms with Gasteiger partial charge in [-0.05, 0) is 76.9 Å². The molecule has 8 heteroatoms. The van der Waals surface area contributed by atoms with E-state index in [1.807, 2.05) is 24.3 Å². The van der Waals surface area contributed by atoms with E-state index in [0.717, 1.165) is 31.7 Å². The van der Waals surface area contributed by atoms with Crippen LogP contribution < -0.4 is 9.80 Å². The zero-order valence-electron chi connectivity index (χ0n) is 23.4. The Kier molecular flexibility index (Phi) is 6.14. The number of carbonyl (C=O) groups is 4. The molecule has 6 aromatic carbocycles. The fourth-order valence-corrected chi connectivity index (χ4v) is 6.99. The molecule has 2 heterocycles. The summed E-state index contributed by atoms with van der Waals surface area (Å²) in [6, 6.07) is 31.9. The van der Waals surface area contributed by atoms with Crippen molar-refractivity contribution in [1.82, 2.24) is 0 Å². The third-order valence-electron chi connectivity index (χ3n) is 8.46. The molecule has 0 bridgehead atoms. The topological polar surface area (TPSA) is 74.8 Å². The molecule has 45 heavy (non-hydrogen) atoms. The molecule has 0 aromatic heterocycles. The molecule has 0 fully saturated rings. The molecule has 2 aliphatic rings. The Morgan fingerprint density at radius 1 is 0.444 bits per heavy atom. The first-order valence-electron chi connectivity index (χ1n) is 14.2. The van der Waals surface area contributed by atoms with Gasteiger partial charge in [0.15, 0.2) is 0 Å². The van der Waals surface area contributed by atoms with Crippen molar-refractivity contribution in [2.45, 2.75) is 6.42 Å². The van der Waals surface area contributed by atoms with Crippen LogP contribution in [0.15, 0.2) is 109 Å². The number of imide groups is 2. The molecule has 0 spiro atoms. The lowest BCUT2D eigenvalue weighted by atomic mass is 9.93. The van der Waals surface area contributed by atoms with E-state index in [2.05, 4.69) is 0 Å². The molecular weight excluding hydrogens is 607 g/mol. The first-order chi connectivity index (χ1) is 21.8. The number of hydrogen-bond acceptors (Lipinski definition) is 4. The van der Waals surface area contributed by atoms with Gasteiger partial charge in [0.25, 0.3) is 23.6 Å². The fourth-order valence-electron chi connectivity index (χ4n) is 6.42. The minimum atomic E-state index is -0.429. The molecule has 6 aromatic rings. The van der Waals surface area contributed by atoms with E-state index in [0.29, 0.717) is 50.8 Å². The summed E-state index contributed by atoms with van der Waals surface area (Å²) >= 11 is 13.4. The average molecular weight is 627 g/mol. The number of nitrogens with zero attached hydrogens (tertiary/aromatic N) is 2. The molecule has 4 amide bonds. The van der Waals surface area contributed by atoms with Gasteiger partial charge in [-0.15, -0.1) is 0 Å². The van der Waals surface area contributed by atoms with Crippen molar-refractivity contribution in [3.63, 3.8) is 0 Å². The van der Waals surface area contributed by atoms with Gasteiger partial charge < -0.3 is 0 Å². The third-order valence-corrected chi connectivity index (χ3v) is 9.06. The molecule has 0 unspecified atom stereocenters. The molecule has 216 valence electrons. The zero-order chi connectivity index (χ0) is 31.0. The van der Waals surface area contributed by atoms with Gasteiger partial charge in [0.1, 0.15) is 0 Å². The summed E-state index contributed by atoms with van der Waals surface area (Å²) < 4.78 is 0. The van der Waals surface area contributed by atoms with Gasteiger partial charge in [-0.25, -0.2) is 9.80 Å². The normalized spacial score (nSPS) is 14.2. The Bertz CT molecular complexity index is 2070. The molecule has 6 nitrogen and oxygen atoms in total. The number of rotatable bonds is 4. The Balaban J connectivity index is 1.08. The smallest absolute Gasteiger partial charge is 0.266 e. The number of amides is 4. The summed E-state index contributed by atoms with van der Waals surface area (Å²) in [4.78, 5) is 56.2. The van der Waals surface area contributed by atoms with Crippen molar-refractivity contribution in [3.05, 3.63) is 153 Å². The second kappa shape index (κ2) is 10.1. The maximum Gasteiger partial charge on any atom is 0.266 e. The average Bonchev–Trinajstić information content (AvgIpc) is 3.04. The molecule has 0 atom stereocenters. The zero-order valence-corrected chi connectivity index (χ0v) is 24.9. The van der Waals surface area contributed by atoms with Gasteiger partial charge in [-0.1, -0.05) is 83.9 Å². The van der Waals surface area contributed by atoms with Crippen molar-refractivity contribution in [3.8, 4) is 0 Å². The fraction of sp³-hybridized carbons (Fsp3) is 0.0270. The minimum Gasteiger partial charge on any atom is -0.268 e. The summed E-state index contributed by atoms with van der Waals surface area (Å²) in [5.74, 6) is -1.71. The van der Waals surface area contributed by atoms with E-state index in [1.54, 1.807) is 84.9 Å². The van der Waals surface area contributed by atoms with Crippen molar-refractivity contribution in [2.75, 3.05) is 9.80 Å². The predicted molar refractivity (Wildman–Crippen MR) is 176 cm³/mol. The van der Waals surface area contributed by atoms with Crippen LogP contribution in [0, 0.1) is 0 Å². The van der Waals surface area contributed by atoms with Crippen LogP contribution in [0.4, 0.5) is 11.4 Å². The summed E-state index contributed by atoms with van der Waals surface area (Å²) in [5.41, 5.74) is 4.02. The van der Waals surface area contributed by atoms with Crippen LogP contribution in [-0.4, -0.2) is 23.6 Å². The third kappa shape index (κ3) is 4.10. The number of carbonyl (C=O) groups excluding carboxylic acids is 4. The second-order valence-electron chi connectivity index (χ2n) is 11.1. The van der Waals surface area contributed by atoms with E-state index >= 15 is 0 Å². The molecule has 0 saturated carbocycles. The molecular formula is C37H20Cl2N2O4. The number of benzene rings is 6. The van der Waals surface area contributed by atoms with Crippen LogP contribution in [0.2, 0.25) is 10.0 Å². The molecule has 8 rings (SSSR count). The van der Waals surface area contributed by atoms with Crippen molar-refractivity contribution >= 4 is 79.8 Å². The number of hydrogen-bond donors (Lipinski definition) is 0. The molecule has 0 radical (unpaired) electrons. The van der Waals surface area contributed by atoms with Gasteiger partial charge in [-0.3, -0.25) is 19.2 Å². The first kappa shape index (κ1) is 27.3. The van der Waals surface area contributed by atoms with Crippen molar-refractivity contribution < 1.29 is 19.2 Å². The van der Waals surface area contributed by atoms with Gasteiger partial charge >= 0.3 is 0 Å². The maximum atomic E-state index is 13.5. The van der Waals surface area contributed by atoms with Gasteiger partial charge in [0.2, 0.25) is 0 Å². The highest BCUT2D eigenvalue weighted by Gasteiger charge is 2.36. The summed E-state index contributed by atoms with van der Waals surface area (Å²) in [6.45, 7) is 0. The highest BCUT2D eigenvalue weighted by atomic mass is 35.5. The minimum absolute atomic E-state index is 0.251. The maximum absolute atomic E-state index is 13.5. The van der Waals surface area contributed by atoms with Gasteiger partial charge in [-0.2, -0.15) is 0 Å². The Morgan fingerprint density at radius 2 is 0.778 bits per heavy atom. The lowest BCUT2D eigenvalue weighted by Gasteiger charge is -2.28. The number of halogens is 2. The van der Waals surface area contributed by atoms with Gasteiger partial charge in [0.05, 0.1) is 21.4 Å². The van der Waals surface area contributed by atoms with Crippen molar-refractivity contribution in [1.29, 1.82) is 0 Å². The highest BCUT2D eigenvalue weighted by Crippen LogP contribution is 2.38. The van der Waals surface area contributed by atoms with E-state index in [9.17, 15) is 19.2 Å². The Labute approximate surface area is 267 Å². The summed E-state index contributed by atoms with van der Waals surface area (Å²) in [7, 11) is 0. The lowest BCUT2D eigenvalue weighted by Crippen LogP contribution is -2.40. The monoisotopic (exact) mass is 626 g/mol. The molecule has 0 saturated heterocycles. The van der Waals surface area contributed by atoms with E-state index in [4.69, 9.17) is 23.2 Å². The van der Waals surface area contributed by atoms with Crippen LogP contribution in [0.3, 0.4) is 0 Å². The molecule has 0 N–H and O–H groups in total. The SMILES string of the molecule is O=C1c2cccc3cccc(c23)C(=O)N1c1ccc(Cc2ccc(N3C(=O)c4cccc5cccc(c45)C3=O)c(Cl)c2)cc1Cl. The van der Waals surface area contributed by atoms with Crippen LogP contribution >= 0.6 is 23.2 Å². The highest BCUT2D eigenvalue weighted by molar-refractivity contribution is 6.41. The first-order valence-corrected chi connectivity index (χ1v) is 15.0. The van der Waals surface area contributed by atoms with Gasteiger partial charge in [0, 0.05) is 33.0 Å². The number of anilines is 2. The van der Waals surface area contributed by atoms with E-state index in [-0.39, 0.29) is 10.0 Å². The second-order valence-corrected chi connectivity index (χ2v) is 11.9. The van der Waals surface area contributed by atoms with Crippen LogP contribution in [-0.2, 0) is 6.42 Å². The quantitative estimate of drug-likeness (QED) is 0.184. The standard InChI is InChI=1S/C37H20Cl2N2O4/c38-28-18-20(13-15-30(28)40-34(42)24-9-1-5-22-6-2-10-25(32(22)24)35(40)43)17-21-14-16-31(29(39)19-21)41-36(44)26-11-3-7-23-8-4-12-27(33(23)26)37(41)45/h1-16,18-19H,17H2. The predicted octanol–water partition coefficient (Wildman–Crippen LogP) is 8.49. The summed E-state index contributed by atoms with van der Waals surface area (Å²) in [5, 5.41) is 3.45. The lowest BCUT2D eigenvalue weighted by molar-refractivity contribution is 0.0877. The Morgan fingerprint density at radius 3 is 1.09 bits per heavy atom.